The lowest BCUT2D eigenvalue weighted by molar-refractivity contribution is -0.130. The predicted molar refractivity (Wildman–Crippen MR) is 86.8 cm³/mol. The molecule has 4 atom stereocenters. The summed E-state index contributed by atoms with van der Waals surface area (Å²) in [6.07, 6.45) is 9.29. The first-order valence-corrected chi connectivity index (χ1v) is 9.13. The number of ether oxygens (including phenoxy) is 1. The first kappa shape index (κ1) is 15.2. The molecule has 1 aromatic rings. The van der Waals surface area contributed by atoms with E-state index in [0.29, 0.717) is 36.9 Å². The monoisotopic (exact) mass is 317 g/mol. The smallest absolute Gasteiger partial charge is 0.222 e. The van der Waals surface area contributed by atoms with Crippen molar-refractivity contribution in [3.8, 4) is 0 Å². The molecule has 2 aliphatic carbocycles. The molecule has 23 heavy (non-hydrogen) atoms. The van der Waals surface area contributed by atoms with E-state index in [1.165, 1.54) is 25.7 Å². The van der Waals surface area contributed by atoms with Crippen molar-refractivity contribution in [3.63, 3.8) is 0 Å². The van der Waals surface area contributed by atoms with Crippen LogP contribution in [-0.2, 0) is 16.1 Å². The molecule has 0 aromatic carbocycles. The quantitative estimate of drug-likeness (QED) is 0.906. The number of carbonyl (C=O) groups is 1. The highest BCUT2D eigenvalue weighted by Crippen LogP contribution is 2.51. The van der Waals surface area contributed by atoms with Crippen molar-refractivity contribution in [1.29, 1.82) is 0 Å². The van der Waals surface area contributed by atoms with Crippen molar-refractivity contribution in [1.82, 2.24) is 15.1 Å². The second kappa shape index (κ2) is 6.27. The Hall–Kier alpha value is -1.36. The summed E-state index contributed by atoms with van der Waals surface area (Å²) < 4.78 is 7.81. The number of hydrogen-bond donors (Lipinski definition) is 1. The Labute approximate surface area is 137 Å². The van der Waals surface area contributed by atoms with Crippen LogP contribution in [-0.4, -0.2) is 34.4 Å². The van der Waals surface area contributed by atoms with Gasteiger partial charge in [0, 0.05) is 43.6 Å². The summed E-state index contributed by atoms with van der Waals surface area (Å²) in [4.78, 5) is 12.4. The molecule has 0 spiro atoms. The molecule has 2 saturated carbocycles. The van der Waals surface area contributed by atoms with Crippen molar-refractivity contribution in [2.45, 2.75) is 64.1 Å². The first-order chi connectivity index (χ1) is 11.2. The third-order valence-corrected chi connectivity index (χ3v) is 6.05. The summed E-state index contributed by atoms with van der Waals surface area (Å²) in [5, 5.41) is 7.68. The minimum Gasteiger partial charge on any atom is -0.377 e. The molecule has 5 heteroatoms. The Kier molecular flexibility index (Phi) is 4.14. The van der Waals surface area contributed by atoms with E-state index >= 15 is 0 Å². The molecule has 1 N–H and O–H groups in total. The molecule has 126 valence electrons. The average molecular weight is 317 g/mol. The van der Waals surface area contributed by atoms with Gasteiger partial charge >= 0.3 is 0 Å². The molecule has 1 amide bonds. The van der Waals surface area contributed by atoms with Gasteiger partial charge in [-0.2, -0.15) is 5.10 Å². The van der Waals surface area contributed by atoms with Crippen LogP contribution in [0.5, 0.6) is 0 Å². The number of carbonyl (C=O) groups excluding carboxylic acids is 1. The maximum absolute atomic E-state index is 12.4. The second-order valence-corrected chi connectivity index (χ2v) is 7.47. The topological polar surface area (TPSA) is 56.2 Å². The van der Waals surface area contributed by atoms with E-state index in [2.05, 4.69) is 10.4 Å². The van der Waals surface area contributed by atoms with Crippen LogP contribution in [0.25, 0.3) is 0 Å². The van der Waals surface area contributed by atoms with Gasteiger partial charge in [-0.1, -0.05) is 25.7 Å². The lowest BCUT2D eigenvalue weighted by Crippen LogP contribution is -2.63. The van der Waals surface area contributed by atoms with E-state index in [4.69, 9.17) is 4.74 Å². The summed E-state index contributed by atoms with van der Waals surface area (Å²) in [5.41, 5.74) is 0.997. The highest BCUT2D eigenvalue weighted by Gasteiger charge is 2.56. The number of amides is 1. The van der Waals surface area contributed by atoms with Gasteiger partial charge in [0.25, 0.3) is 0 Å². The molecule has 1 aliphatic heterocycles. The van der Waals surface area contributed by atoms with E-state index in [-0.39, 0.29) is 5.91 Å². The highest BCUT2D eigenvalue weighted by atomic mass is 16.5. The van der Waals surface area contributed by atoms with Crippen LogP contribution in [0.3, 0.4) is 0 Å². The summed E-state index contributed by atoms with van der Waals surface area (Å²) >= 11 is 0. The van der Waals surface area contributed by atoms with Crippen LogP contribution >= 0.6 is 0 Å². The van der Waals surface area contributed by atoms with Crippen LogP contribution in [0.15, 0.2) is 12.3 Å². The molecule has 3 fully saturated rings. The molecule has 0 radical (unpaired) electrons. The molecule has 4 rings (SSSR count). The van der Waals surface area contributed by atoms with Gasteiger partial charge in [0.15, 0.2) is 0 Å². The summed E-state index contributed by atoms with van der Waals surface area (Å²) in [7, 11) is 0. The summed E-state index contributed by atoms with van der Waals surface area (Å²) in [6.45, 7) is 3.50. The van der Waals surface area contributed by atoms with Crippen molar-refractivity contribution < 1.29 is 9.53 Å². The largest absolute Gasteiger partial charge is 0.377 e. The van der Waals surface area contributed by atoms with Crippen LogP contribution in [0.2, 0.25) is 0 Å². The second-order valence-electron chi connectivity index (χ2n) is 7.47. The van der Waals surface area contributed by atoms with Crippen LogP contribution in [0.1, 0.15) is 44.2 Å². The molecule has 5 nitrogen and oxygen atoms in total. The van der Waals surface area contributed by atoms with Crippen molar-refractivity contribution in [3.05, 3.63) is 18.0 Å². The number of hydrogen-bond acceptors (Lipinski definition) is 3. The van der Waals surface area contributed by atoms with Crippen molar-refractivity contribution in [2.24, 2.45) is 17.8 Å². The zero-order valence-electron chi connectivity index (χ0n) is 13.9. The predicted octanol–water partition coefficient (Wildman–Crippen LogP) is 2.29. The standard InChI is InChI=1S/C18H27N3O2/c1-12-6-9-21(20-12)10-7-15(22)19-17-14-8-11-23-18(14)16(17)13-4-2-3-5-13/h6,9,13-14,16-18H,2-5,7-8,10-11H2,1H3,(H,19,22)/t14-,16+,17+,18-/m0/s1. The number of rotatable bonds is 5. The van der Waals surface area contributed by atoms with E-state index in [1.54, 1.807) is 0 Å². The number of nitrogens with one attached hydrogen (secondary N) is 1. The Bertz CT molecular complexity index is 560. The molecule has 0 unspecified atom stereocenters. The minimum atomic E-state index is 0.163. The zero-order valence-corrected chi connectivity index (χ0v) is 13.9. The average Bonchev–Trinajstić information content (AvgIpc) is 3.25. The number of fused-ring (bicyclic) bond motifs is 1. The Morgan fingerprint density at radius 3 is 2.96 bits per heavy atom. The molecule has 0 bridgehead atoms. The van der Waals surface area contributed by atoms with Gasteiger partial charge in [-0.15, -0.1) is 0 Å². The minimum absolute atomic E-state index is 0.163. The summed E-state index contributed by atoms with van der Waals surface area (Å²) in [5.74, 6) is 2.03. The fourth-order valence-corrected chi connectivity index (χ4v) is 4.92. The van der Waals surface area contributed by atoms with Gasteiger partial charge in [0.05, 0.1) is 11.8 Å². The zero-order chi connectivity index (χ0) is 15.8. The van der Waals surface area contributed by atoms with Gasteiger partial charge < -0.3 is 10.1 Å². The third kappa shape index (κ3) is 2.91. The molecule has 2 heterocycles. The third-order valence-electron chi connectivity index (χ3n) is 6.05. The van der Waals surface area contributed by atoms with Crippen molar-refractivity contribution >= 4 is 5.91 Å². The highest BCUT2D eigenvalue weighted by molar-refractivity contribution is 5.76. The van der Waals surface area contributed by atoms with Crippen LogP contribution in [0, 0.1) is 24.7 Å². The van der Waals surface area contributed by atoms with Gasteiger partial charge in [-0.25, -0.2) is 0 Å². The number of aromatic nitrogens is 2. The Morgan fingerprint density at radius 1 is 1.39 bits per heavy atom. The summed E-state index contributed by atoms with van der Waals surface area (Å²) in [6, 6.07) is 2.32. The van der Waals surface area contributed by atoms with Gasteiger partial charge in [0.1, 0.15) is 0 Å². The van der Waals surface area contributed by atoms with Crippen molar-refractivity contribution in [2.75, 3.05) is 6.61 Å². The fraction of sp³-hybridized carbons (Fsp3) is 0.778. The fourth-order valence-electron chi connectivity index (χ4n) is 4.92. The maximum Gasteiger partial charge on any atom is 0.222 e. The van der Waals surface area contributed by atoms with E-state index < -0.39 is 0 Å². The van der Waals surface area contributed by atoms with Crippen LogP contribution in [0.4, 0.5) is 0 Å². The van der Waals surface area contributed by atoms with Gasteiger partial charge in [-0.05, 0) is 25.3 Å². The van der Waals surface area contributed by atoms with E-state index in [0.717, 1.165) is 24.6 Å². The SMILES string of the molecule is Cc1ccn(CCC(=O)N[C@@H]2[C@@H]3CCO[C@@H]3[C@@H]2C2CCCC2)n1. The van der Waals surface area contributed by atoms with E-state index in [1.807, 2.05) is 23.9 Å². The normalized spacial score (nSPS) is 33.4. The number of nitrogens with zero attached hydrogens (tertiary/aromatic N) is 2. The van der Waals surface area contributed by atoms with Gasteiger partial charge in [-0.3, -0.25) is 9.48 Å². The van der Waals surface area contributed by atoms with E-state index in [9.17, 15) is 4.79 Å². The molecule has 1 aromatic heterocycles. The van der Waals surface area contributed by atoms with Gasteiger partial charge in [0.2, 0.25) is 5.91 Å². The molecular formula is C18H27N3O2. The number of aryl methyl sites for hydroxylation is 2. The maximum atomic E-state index is 12.4. The first-order valence-electron chi connectivity index (χ1n) is 9.13. The lowest BCUT2D eigenvalue weighted by atomic mass is 9.61. The Morgan fingerprint density at radius 2 is 2.22 bits per heavy atom. The molecule has 3 aliphatic rings. The molecular weight excluding hydrogens is 290 g/mol. The Balaban J connectivity index is 1.33. The van der Waals surface area contributed by atoms with Crippen LogP contribution < -0.4 is 5.32 Å². The molecule has 1 saturated heterocycles. The lowest BCUT2D eigenvalue weighted by Gasteiger charge is -2.50.